The fourth-order valence-corrected chi connectivity index (χ4v) is 1.96. The first-order valence-corrected chi connectivity index (χ1v) is 6.19. The van der Waals surface area contributed by atoms with Gasteiger partial charge in [0.05, 0.1) is 10.0 Å². The number of hydrogen-bond acceptors (Lipinski definition) is 1. The average Bonchev–Trinajstić information content (AvgIpc) is 2.35. The van der Waals surface area contributed by atoms with Crippen LogP contribution >= 0.6 is 23.2 Å². The van der Waals surface area contributed by atoms with E-state index in [0.717, 1.165) is 5.69 Å². The summed E-state index contributed by atoms with van der Waals surface area (Å²) < 4.78 is 0. The Balaban J connectivity index is 2.13. The van der Waals surface area contributed by atoms with E-state index in [0.29, 0.717) is 10.0 Å². The van der Waals surface area contributed by atoms with E-state index in [1.165, 1.54) is 5.56 Å². The van der Waals surface area contributed by atoms with Gasteiger partial charge in [0.25, 0.3) is 0 Å². The molecule has 0 aliphatic carbocycles. The molecule has 0 saturated heterocycles. The lowest BCUT2D eigenvalue weighted by atomic mass is 10.1. The van der Waals surface area contributed by atoms with E-state index in [4.69, 9.17) is 23.2 Å². The van der Waals surface area contributed by atoms with Gasteiger partial charge in [-0.2, -0.15) is 0 Å². The van der Waals surface area contributed by atoms with Gasteiger partial charge in [0.15, 0.2) is 0 Å². The quantitative estimate of drug-likeness (QED) is 0.808. The standard InChI is InChI=1S/C14H13Cl2N/c1-10(11-5-3-2-4-6-11)17-12-7-8-13(15)14(16)9-12/h2-10,17H,1H3. The Kier molecular flexibility index (Phi) is 3.93. The molecule has 0 bridgehead atoms. The maximum absolute atomic E-state index is 5.97. The second-order valence-electron chi connectivity index (χ2n) is 3.91. The molecule has 0 saturated carbocycles. The number of nitrogens with one attached hydrogen (secondary N) is 1. The van der Waals surface area contributed by atoms with Crippen LogP contribution in [0.3, 0.4) is 0 Å². The summed E-state index contributed by atoms with van der Waals surface area (Å²) in [6, 6.07) is 16.0. The van der Waals surface area contributed by atoms with Crippen LogP contribution in [-0.2, 0) is 0 Å². The van der Waals surface area contributed by atoms with Crippen molar-refractivity contribution in [2.24, 2.45) is 0 Å². The summed E-state index contributed by atoms with van der Waals surface area (Å²) in [5.41, 5.74) is 2.20. The van der Waals surface area contributed by atoms with Gasteiger partial charge < -0.3 is 5.32 Å². The van der Waals surface area contributed by atoms with Crippen LogP contribution < -0.4 is 5.32 Å². The van der Waals surface area contributed by atoms with Crippen molar-refractivity contribution in [1.82, 2.24) is 0 Å². The smallest absolute Gasteiger partial charge is 0.0612 e. The minimum Gasteiger partial charge on any atom is -0.378 e. The van der Waals surface area contributed by atoms with E-state index in [2.05, 4.69) is 24.4 Å². The van der Waals surface area contributed by atoms with Crippen molar-refractivity contribution in [3.05, 3.63) is 64.1 Å². The molecule has 1 nitrogen and oxygen atoms in total. The first-order valence-electron chi connectivity index (χ1n) is 5.43. The van der Waals surface area contributed by atoms with E-state index >= 15 is 0 Å². The number of benzene rings is 2. The zero-order valence-electron chi connectivity index (χ0n) is 9.45. The molecule has 2 rings (SSSR count). The van der Waals surface area contributed by atoms with Gasteiger partial charge in [0, 0.05) is 11.7 Å². The predicted octanol–water partition coefficient (Wildman–Crippen LogP) is 5.17. The number of halogens is 2. The zero-order chi connectivity index (χ0) is 12.3. The van der Waals surface area contributed by atoms with Crippen LogP contribution in [0.15, 0.2) is 48.5 Å². The molecular formula is C14H13Cl2N. The fraction of sp³-hybridized carbons (Fsp3) is 0.143. The van der Waals surface area contributed by atoms with Gasteiger partial charge in [-0.25, -0.2) is 0 Å². The highest BCUT2D eigenvalue weighted by Gasteiger charge is 2.05. The van der Waals surface area contributed by atoms with Gasteiger partial charge in [-0.05, 0) is 30.7 Å². The molecule has 0 aromatic heterocycles. The summed E-state index contributed by atoms with van der Waals surface area (Å²) in [7, 11) is 0. The van der Waals surface area contributed by atoms with Gasteiger partial charge in [-0.15, -0.1) is 0 Å². The number of anilines is 1. The molecule has 1 N–H and O–H groups in total. The fourth-order valence-electron chi connectivity index (χ4n) is 1.66. The van der Waals surface area contributed by atoms with Crippen LogP contribution in [0.1, 0.15) is 18.5 Å². The minimum absolute atomic E-state index is 0.230. The Bertz CT molecular complexity index is 497. The summed E-state index contributed by atoms with van der Waals surface area (Å²) in [6.07, 6.45) is 0. The highest BCUT2D eigenvalue weighted by Crippen LogP contribution is 2.27. The van der Waals surface area contributed by atoms with Crippen molar-refractivity contribution in [1.29, 1.82) is 0 Å². The lowest BCUT2D eigenvalue weighted by molar-refractivity contribution is 0.885. The molecular weight excluding hydrogens is 253 g/mol. The molecule has 0 fully saturated rings. The molecule has 1 unspecified atom stereocenters. The third-order valence-electron chi connectivity index (χ3n) is 2.60. The number of rotatable bonds is 3. The molecule has 0 aliphatic rings. The van der Waals surface area contributed by atoms with Gasteiger partial charge in [-0.1, -0.05) is 53.5 Å². The van der Waals surface area contributed by atoms with Crippen molar-refractivity contribution in [3.63, 3.8) is 0 Å². The largest absolute Gasteiger partial charge is 0.378 e. The van der Waals surface area contributed by atoms with Crippen molar-refractivity contribution in [3.8, 4) is 0 Å². The SMILES string of the molecule is CC(Nc1ccc(Cl)c(Cl)c1)c1ccccc1. The molecule has 1 atom stereocenters. The molecule has 0 amide bonds. The predicted molar refractivity (Wildman–Crippen MR) is 74.9 cm³/mol. The van der Waals surface area contributed by atoms with Gasteiger partial charge in [0.1, 0.15) is 0 Å². The third-order valence-corrected chi connectivity index (χ3v) is 3.34. The van der Waals surface area contributed by atoms with E-state index in [9.17, 15) is 0 Å². The van der Waals surface area contributed by atoms with Crippen LogP contribution in [0.5, 0.6) is 0 Å². The molecule has 17 heavy (non-hydrogen) atoms. The minimum atomic E-state index is 0.230. The Morgan fingerprint density at radius 1 is 0.941 bits per heavy atom. The molecule has 88 valence electrons. The second kappa shape index (κ2) is 5.44. The maximum Gasteiger partial charge on any atom is 0.0612 e. The lowest BCUT2D eigenvalue weighted by Gasteiger charge is -2.16. The zero-order valence-corrected chi connectivity index (χ0v) is 11.0. The summed E-state index contributed by atoms with van der Waals surface area (Å²) in [4.78, 5) is 0. The van der Waals surface area contributed by atoms with Crippen molar-refractivity contribution >= 4 is 28.9 Å². The highest BCUT2D eigenvalue weighted by molar-refractivity contribution is 6.42. The van der Waals surface area contributed by atoms with Gasteiger partial charge in [-0.3, -0.25) is 0 Å². The summed E-state index contributed by atoms with van der Waals surface area (Å²) in [5.74, 6) is 0. The Morgan fingerprint density at radius 3 is 2.29 bits per heavy atom. The van der Waals surface area contributed by atoms with Crippen LogP contribution in [0.4, 0.5) is 5.69 Å². The van der Waals surface area contributed by atoms with Crippen LogP contribution in [-0.4, -0.2) is 0 Å². The van der Waals surface area contributed by atoms with E-state index in [-0.39, 0.29) is 6.04 Å². The topological polar surface area (TPSA) is 12.0 Å². The third kappa shape index (κ3) is 3.15. The highest BCUT2D eigenvalue weighted by atomic mass is 35.5. The molecule has 0 radical (unpaired) electrons. The molecule has 0 spiro atoms. The molecule has 2 aromatic carbocycles. The van der Waals surface area contributed by atoms with E-state index in [1.54, 1.807) is 6.07 Å². The monoisotopic (exact) mass is 265 g/mol. The number of hydrogen-bond donors (Lipinski definition) is 1. The van der Waals surface area contributed by atoms with Crippen LogP contribution in [0.25, 0.3) is 0 Å². The first-order chi connectivity index (χ1) is 8.16. The van der Waals surface area contributed by atoms with Crippen LogP contribution in [0, 0.1) is 0 Å². The van der Waals surface area contributed by atoms with E-state index < -0.39 is 0 Å². The average molecular weight is 266 g/mol. The van der Waals surface area contributed by atoms with Crippen molar-refractivity contribution in [2.75, 3.05) is 5.32 Å². The van der Waals surface area contributed by atoms with Crippen molar-refractivity contribution in [2.45, 2.75) is 13.0 Å². The van der Waals surface area contributed by atoms with Gasteiger partial charge in [0.2, 0.25) is 0 Å². The van der Waals surface area contributed by atoms with Gasteiger partial charge >= 0.3 is 0 Å². The first kappa shape index (κ1) is 12.3. The van der Waals surface area contributed by atoms with Crippen LogP contribution in [0.2, 0.25) is 10.0 Å². The Hall–Kier alpha value is -1.18. The normalized spacial score (nSPS) is 12.2. The Morgan fingerprint density at radius 2 is 1.65 bits per heavy atom. The summed E-state index contributed by atoms with van der Waals surface area (Å²) in [6.45, 7) is 2.11. The molecule has 0 heterocycles. The van der Waals surface area contributed by atoms with E-state index in [1.807, 2.05) is 30.3 Å². The lowest BCUT2D eigenvalue weighted by Crippen LogP contribution is -2.06. The molecule has 2 aromatic rings. The summed E-state index contributed by atoms with van der Waals surface area (Å²) in [5, 5.41) is 4.52. The Labute approximate surface area is 111 Å². The molecule has 0 aliphatic heterocycles. The van der Waals surface area contributed by atoms with Crippen molar-refractivity contribution < 1.29 is 0 Å². The molecule has 3 heteroatoms. The summed E-state index contributed by atoms with van der Waals surface area (Å²) >= 11 is 11.8. The maximum atomic E-state index is 5.97. The second-order valence-corrected chi connectivity index (χ2v) is 4.72.